The molecule has 4 heteroatoms. The first-order chi connectivity index (χ1) is 9.72. The lowest BCUT2D eigenvalue weighted by atomic mass is 10.0. The van der Waals surface area contributed by atoms with Crippen molar-refractivity contribution in [1.29, 1.82) is 0 Å². The number of hydrogen-bond acceptors (Lipinski definition) is 3. The van der Waals surface area contributed by atoms with Gasteiger partial charge in [0.1, 0.15) is 0 Å². The van der Waals surface area contributed by atoms with E-state index in [0.717, 1.165) is 6.42 Å². The van der Waals surface area contributed by atoms with Crippen LogP contribution in [0.15, 0.2) is 30.3 Å². The van der Waals surface area contributed by atoms with Crippen LogP contribution in [0.5, 0.6) is 0 Å². The van der Waals surface area contributed by atoms with Crippen molar-refractivity contribution in [2.24, 2.45) is 0 Å². The molecule has 1 amide bonds. The molecule has 0 bridgehead atoms. The summed E-state index contributed by atoms with van der Waals surface area (Å²) in [6.45, 7) is 6.78. The van der Waals surface area contributed by atoms with Gasteiger partial charge in [-0.2, -0.15) is 0 Å². The van der Waals surface area contributed by atoms with Crippen LogP contribution in [0.2, 0.25) is 0 Å². The fourth-order valence-corrected chi connectivity index (χ4v) is 2.57. The number of carbonyl (C=O) groups is 1. The molecule has 1 heterocycles. The number of morpholine rings is 1. The van der Waals surface area contributed by atoms with Gasteiger partial charge in [0.2, 0.25) is 5.91 Å². The molecule has 0 saturated carbocycles. The number of hydrogen-bond donors (Lipinski definition) is 1. The van der Waals surface area contributed by atoms with E-state index in [1.807, 2.05) is 30.0 Å². The molecule has 110 valence electrons. The van der Waals surface area contributed by atoms with Gasteiger partial charge in [-0.15, -0.1) is 0 Å². The molecule has 4 nitrogen and oxygen atoms in total. The summed E-state index contributed by atoms with van der Waals surface area (Å²) in [5.74, 6) is 0.169. The Labute approximate surface area is 121 Å². The summed E-state index contributed by atoms with van der Waals surface area (Å²) in [5, 5.41) is 3.45. The van der Waals surface area contributed by atoms with E-state index in [1.165, 1.54) is 5.56 Å². The maximum absolute atomic E-state index is 12.4. The second kappa shape index (κ2) is 7.41. The average Bonchev–Trinajstić information content (AvgIpc) is 2.53. The summed E-state index contributed by atoms with van der Waals surface area (Å²) in [5.41, 5.74) is 1.23. The number of amides is 1. The van der Waals surface area contributed by atoms with Gasteiger partial charge in [0.25, 0.3) is 0 Å². The molecular formula is C16H24N2O2. The van der Waals surface area contributed by atoms with E-state index in [0.29, 0.717) is 26.3 Å². The summed E-state index contributed by atoms with van der Waals surface area (Å²) in [6, 6.07) is 10.3. The molecule has 1 aromatic rings. The van der Waals surface area contributed by atoms with Crippen molar-refractivity contribution in [1.82, 2.24) is 10.2 Å². The fourth-order valence-electron chi connectivity index (χ4n) is 2.57. The smallest absolute Gasteiger partial charge is 0.239 e. The van der Waals surface area contributed by atoms with E-state index in [4.69, 9.17) is 4.74 Å². The van der Waals surface area contributed by atoms with Gasteiger partial charge in [0.15, 0.2) is 0 Å². The van der Waals surface area contributed by atoms with E-state index in [-0.39, 0.29) is 18.0 Å². The highest BCUT2D eigenvalue weighted by Crippen LogP contribution is 2.17. The Balaban J connectivity index is 1.94. The molecule has 2 rings (SSSR count). The second-order valence-electron chi connectivity index (χ2n) is 5.20. The van der Waals surface area contributed by atoms with Gasteiger partial charge in [-0.25, -0.2) is 0 Å². The maximum Gasteiger partial charge on any atom is 0.239 e. The molecule has 1 aliphatic heterocycles. The summed E-state index contributed by atoms with van der Waals surface area (Å²) in [6.07, 6.45) is 0.963. The third-order valence-corrected chi connectivity index (χ3v) is 3.75. The number of rotatable bonds is 5. The summed E-state index contributed by atoms with van der Waals surface area (Å²) in [4.78, 5) is 14.3. The number of nitrogens with zero attached hydrogens (tertiary/aromatic N) is 1. The zero-order chi connectivity index (χ0) is 14.4. The maximum atomic E-state index is 12.4. The van der Waals surface area contributed by atoms with Crippen molar-refractivity contribution in [2.75, 3.05) is 26.3 Å². The van der Waals surface area contributed by atoms with Crippen LogP contribution in [-0.4, -0.2) is 43.2 Å². The Morgan fingerprint density at radius 3 is 2.55 bits per heavy atom. The molecule has 1 fully saturated rings. The van der Waals surface area contributed by atoms with Crippen molar-refractivity contribution in [2.45, 2.75) is 32.4 Å². The molecule has 0 aliphatic carbocycles. The molecule has 0 aromatic heterocycles. The number of benzene rings is 1. The number of carbonyl (C=O) groups excluding carboxylic acids is 1. The molecule has 1 aliphatic rings. The van der Waals surface area contributed by atoms with E-state index in [2.05, 4.69) is 24.4 Å². The lowest BCUT2D eigenvalue weighted by Crippen LogP contribution is -2.49. The van der Waals surface area contributed by atoms with Gasteiger partial charge >= 0.3 is 0 Å². The monoisotopic (exact) mass is 276 g/mol. The van der Waals surface area contributed by atoms with Crippen LogP contribution < -0.4 is 5.32 Å². The fraction of sp³-hybridized carbons (Fsp3) is 0.562. The zero-order valence-corrected chi connectivity index (χ0v) is 12.3. The standard InChI is InChI=1S/C16H24N2O2/c1-3-15(14-7-5-4-6-8-14)17-13(2)16(19)18-9-11-20-12-10-18/h4-8,13,15,17H,3,9-12H2,1-2H3. The molecule has 2 atom stereocenters. The highest BCUT2D eigenvalue weighted by Gasteiger charge is 2.24. The van der Waals surface area contributed by atoms with Crippen LogP contribution in [0, 0.1) is 0 Å². The number of nitrogens with one attached hydrogen (secondary N) is 1. The first-order valence-electron chi connectivity index (χ1n) is 7.40. The molecule has 20 heavy (non-hydrogen) atoms. The van der Waals surface area contributed by atoms with Crippen molar-refractivity contribution >= 4 is 5.91 Å². The molecule has 1 saturated heterocycles. The quantitative estimate of drug-likeness (QED) is 0.894. The summed E-state index contributed by atoms with van der Waals surface area (Å²) in [7, 11) is 0. The minimum absolute atomic E-state index is 0.168. The first-order valence-corrected chi connectivity index (χ1v) is 7.40. The SMILES string of the molecule is CCC(NC(C)C(=O)N1CCOCC1)c1ccccc1. The Bertz CT molecular complexity index is 416. The van der Waals surface area contributed by atoms with Crippen molar-refractivity contribution in [3.63, 3.8) is 0 Å². The van der Waals surface area contributed by atoms with E-state index < -0.39 is 0 Å². The van der Waals surface area contributed by atoms with Gasteiger partial charge in [-0.3, -0.25) is 10.1 Å². The minimum Gasteiger partial charge on any atom is -0.378 e. The topological polar surface area (TPSA) is 41.6 Å². The van der Waals surface area contributed by atoms with Crippen LogP contribution in [0.25, 0.3) is 0 Å². The molecule has 2 unspecified atom stereocenters. The minimum atomic E-state index is -0.168. The average molecular weight is 276 g/mol. The molecule has 0 radical (unpaired) electrons. The largest absolute Gasteiger partial charge is 0.378 e. The first kappa shape index (κ1) is 15.0. The van der Waals surface area contributed by atoms with Gasteiger partial charge in [-0.05, 0) is 18.9 Å². The van der Waals surface area contributed by atoms with Crippen LogP contribution in [0.4, 0.5) is 0 Å². The van der Waals surface area contributed by atoms with Gasteiger partial charge < -0.3 is 9.64 Å². The van der Waals surface area contributed by atoms with Crippen molar-refractivity contribution < 1.29 is 9.53 Å². The van der Waals surface area contributed by atoms with Gasteiger partial charge in [-0.1, -0.05) is 37.3 Å². The third kappa shape index (κ3) is 3.81. The van der Waals surface area contributed by atoms with E-state index >= 15 is 0 Å². The lowest BCUT2D eigenvalue weighted by molar-refractivity contribution is -0.137. The molecule has 0 spiro atoms. The Morgan fingerprint density at radius 2 is 1.95 bits per heavy atom. The van der Waals surface area contributed by atoms with Crippen LogP contribution in [0.3, 0.4) is 0 Å². The predicted octanol–water partition coefficient (Wildman–Crippen LogP) is 1.97. The molecule has 1 aromatic carbocycles. The zero-order valence-electron chi connectivity index (χ0n) is 12.3. The highest BCUT2D eigenvalue weighted by atomic mass is 16.5. The van der Waals surface area contributed by atoms with Crippen molar-refractivity contribution in [3.8, 4) is 0 Å². The highest BCUT2D eigenvalue weighted by molar-refractivity contribution is 5.81. The third-order valence-electron chi connectivity index (χ3n) is 3.75. The van der Waals surface area contributed by atoms with E-state index in [1.54, 1.807) is 0 Å². The second-order valence-corrected chi connectivity index (χ2v) is 5.20. The predicted molar refractivity (Wildman–Crippen MR) is 79.5 cm³/mol. The van der Waals surface area contributed by atoms with Gasteiger partial charge in [0.05, 0.1) is 19.3 Å². The van der Waals surface area contributed by atoms with Crippen LogP contribution in [0.1, 0.15) is 31.9 Å². The Morgan fingerprint density at radius 1 is 1.30 bits per heavy atom. The summed E-state index contributed by atoms with van der Waals surface area (Å²) >= 11 is 0. The lowest BCUT2D eigenvalue weighted by Gasteiger charge is -2.31. The Hall–Kier alpha value is -1.39. The van der Waals surface area contributed by atoms with Gasteiger partial charge in [0, 0.05) is 19.1 Å². The Kier molecular flexibility index (Phi) is 5.56. The van der Waals surface area contributed by atoms with Crippen LogP contribution >= 0.6 is 0 Å². The normalized spacial score (nSPS) is 18.6. The van der Waals surface area contributed by atoms with Crippen molar-refractivity contribution in [3.05, 3.63) is 35.9 Å². The summed E-state index contributed by atoms with van der Waals surface area (Å²) < 4.78 is 5.29. The molecule has 1 N–H and O–H groups in total. The number of ether oxygens (including phenoxy) is 1. The molecular weight excluding hydrogens is 252 g/mol. The van der Waals surface area contributed by atoms with Crippen LogP contribution in [-0.2, 0) is 9.53 Å². The van der Waals surface area contributed by atoms with E-state index in [9.17, 15) is 4.79 Å².